The minimum Gasteiger partial charge on any atom is -0.477 e. The number of rotatable bonds is 9. The van der Waals surface area contributed by atoms with E-state index in [2.05, 4.69) is 13.8 Å². The predicted octanol–water partition coefficient (Wildman–Crippen LogP) is 2.53. The molecule has 0 spiro atoms. The lowest BCUT2D eigenvalue weighted by Crippen LogP contribution is -2.46. The number of hydrogen-bond acceptors (Lipinski definition) is 4. The summed E-state index contributed by atoms with van der Waals surface area (Å²) in [4.78, 5) is 35.3. The van der Waals surface area contributed by atoms with Crippen LogP contribution in [0.3, 0.4) is 0 Å². The molecule has 0 aromatic carbocycles. The van der Waals surface area contributed by atoms with Crippen molar-refractivity contribution >= 4 is 17.8 Å². The van der Waals surface area contributed by atoms with Gasteiger partial charge in [-0.1, -0.05) is 13.8 Å². The molecule has 0 aliphatic carbocycles. The summed E-state index contributed by atoms with van der Waals surface area (Å²) in [5, 5.41) is 8.70. The van der Waals surface area contributed by atoms with Crippen LogP contribution in [0.1, 0.15) is 60.3 Å². The van der Waals surface area contributed by atoms with E-state index in [-0.39, 0.29) is 19.1 Å². The zero-order valence-corrected chi connectivity index (χ0v) is 18.2. The molecule has 0 bridgehead atoms. The second-order valence-electron chi connectivity index (χ2n) is 8.53. The Bertz CT molecular complexity index is 503. The summed E-state index contributed by atoms with van der Waals surface area (Å²) >= 11 is 0. The van der Waals surface area contributed by atoms with Gasteiger partial charge in [0.05, 0.1) is 19.5 Å². The van der Waals surface area contributed by atoms with E-state index in [0.29, 0.717) is 23.0 Å². The Morgan fingerprint density at radius 3 is 2.30 bits per heavy atom. The third kappa shape index (κ3) is 9.75. The molecule has 7 heteroatoms. The van der Waals surface area contributed by atoms with Crippen LogP contribution in [0.25, 0.3) is 0 Å². The van der Waals surface area contributed by atoms with Gasteiger partial charge in [0.15, 0.2) is 6.54 Å². The fourth-order valence-electron chi connectivity index (χ4n) is 2.53. The van der Waals surface area contributed by atoms with Crippen LogP contribution in [-0.2, 0) is 19.1 Å². The highest BCUT2D eigenvalue weighted by Gasteiger charge is 2.28. The molecule has 158 valence electrons. The van der Waals surface area contributed by atoms with Gasteiger partial charge in [0.2, 0.25) is 5.91 Å². The Kier molecular flexibility index (Phi) is 10.6. The van der Waals surface area contributed by atoms with Crippen molar-refractivity contribution < 1.29 is 28.7 Å². The Labute approximate surface area is 164 Å². The molecule has 1 saturated heterocycles. The van der Waals surface area contributed by atoms with Crippen molar-refractivity contribution in [2.75, 3.05) is 40.3 Å². The number of nitrogens with zero attached hydrogens (tertiary/aromatic N) is 2. The van der Waals surface area contributed by atoms with E-state index in [1.807, 2.05) is 25.7 Å². The first-order valence-electron chi connectivity index (χ1n) is 9.86. The van der Waals surface area contributed by atoms with Crippen molar-refractivity contribution in [1.29, 1.82) is 0 Å². The number of ether oxygens (including phenoxy) is 1. The number of likely N-dealkylation sites (tertiary alicyclic amines) is 1. The number of carboxylic acid groups (broad SMARTS) is 1. The molecule has 0 saturated carbocycles. The monoisotopic (exact) mass is 387 g/mol. The summed E-state index contributed by atoms with van der Waals surface area (Å²) in [6.07, 6.45) is 3.62. The van der Waals surface area contributed by atoms with Gasteiger partial charge < -0.3 is 19.2 Å². The lowest BCUT2D eigenvalue weighted by atomic mass is 9.91. The highest BCUT2D eigenvalue weighted by atomic mass is 16.5. The van der Waals surface area contributed by atoms with Crippen molar-refractivity contribution in [2.24, 2.45) is 5.41 Å². The number of likely N-dealkylation sites (N-methyl/N-ethyl adjacent to an activating group) is 1. The molecular formula is C20H39N2O5+. The largest absolute Gasteiger partial charge is 0.477 e. The maximum Gasteiger partial charge on any atom is 0.359 e. The van der Waals surface area contributed by atoms with E-state index in [1.165, 1.54) is 0 Å². The van der Waals surface area contributed by atoms with Crippen LogP contribution in [-0.4, -0.2) is 78.7 Å². The zero-order valence-electron chi connectivity index (χ0n) is 18.2. The minimum absolute atomic E-state index is 0.0225. The van der Waals surface area contributed by atoms with Gasteiger partial charge in [0.25, 0.3) is 0 Å². The summed E-state index contributed by atoms with van der Waals surface area (Å²) < 4.78 is 5.47. The first-order chi connectivity index (χ1) is 12.4. The highest BCUT2D eigenvalue weighted by Crippen LogP contribution is 2.21. The molecule has 1 amide bonds. The van der Waals surface area contributed by atoms with Crippen LogP contribution in [0.5, 0.6) is 0 Å². The molecule has 0 radical (unpaired) electrons. The van der Waals surface area contributed by atoms with Gasteiger partial charge in [-0.3, -0.25) is 9.59 Å². The average Bonchev–Trinajstić information content (AvgIpc) is 2.99. The van der Waals surface area contributed by atoms with Crippen molar-refractivity contribution in [3.8, 4) is 0 Å². The van der Waals surface area contributed by atoms with Gasteiger partial charge in [0.1, 0.15) is 13.2 Å². The number of quaternary nitrogens is 1. The second-order valence-corrected chi connectivity index (χ2v) is 8.53. The Balaban J connectivity index is 0.000000569. The maximum atomic E-state index is 11.7. The van der Waals surface area contributed by atoms with E-state index in [4.69, 9.17) is 9.84 Å². The average molecular weight is 388 g/mol. The molecule has 1 atom stereocenters. The molecule has 1 aliphatic rings. The fourth-order valence-corrected chi connectivity index (χ4v) is 2.53. The third-order valence-electron chi connectivity index (χ3n) is 5.16. The van der Waals surface area contributed by atoms with Crippen LogP contribution in [0.2, 0.25) is 0 Å². The molecule has 1 rings (SSSR count). The first-order valence-corrected chi connectivity index (χ1v) is 9.86. The van der Waals surface area contributed by atoms with Gasteiger partial charge in [0, 0.05) is 19.0 Å². The first kappa shape index (κ1) is 25.4. The van der Waals surface area contributed by atoms with E-state index in [0.717, 1.165) is 32.2 Å². The number of aliphatic carboxylic acids is 1. The smallest absolute Gasteiger partial charge is 0.359 e. The summed E-state index contributed by atoms with van der Waals surface area (Å²) in [5.74, 6) is -0.736. The normalized spacial score (nSPS) is 15.8. The Hall–Kier alpha value is -1.63. The number of amides is 1. The number of carboxylic acids is 1. The van der Waals surface area contributed by atoms with Gasteiger partial charge in [-0.05, 0) is 40.0 Å². The summed E-state index contributed by atoms with van der Waals surface area (Å²) in [7, 11) is 3.60. The zero-order chi connectivity index (χ0) is 21.3. The minimum atomic E-state index is -0.852. The van der Waals surface area contributed by atoms with Gasteiger partial charge in [-0.25, -0.2) is 4.79 Å². The van der Waals surface area contributed by atoms with Crippen LogP contribution in [0.4, 0.5) is 0 Å². The van der Waals surface area contributed by atoms with E-state index < -0.39 is 11.4 Å². The van der Waals surface area contributed by atoms with Crippen LogP contribution in [0, 0.1) is 5.41 Å². The van der Waals surface area contributed by atoms with Gasteiger partial charge >= 0.3 is 11.9 Å². The quantitative estimate of drug-likeness (QED) is 0.485. The topological polar surface area (TPSA) is 83.9 Å². The van der Waals surface area contributed by atoms with Crippen molar-refractivity contribution in [3.63, 3.8) is 0 Å². The van der Waals surface area contributed by atoms with Crippen molar-refractivity contribution in [2.45, 2.75) is 66.3 Å². The van der Waals surface area contributed by atoms with Crippen molar-refractivity contribution in [1.82, 2.24) is 4.90 Å². The lowest BCUT2D eigenvalue weighted by Gasteiger charge is -2.28. The fraction of sp³-hybridized carbons (Fsp3) is 0.850. The lowest BCUT2D eigenvalue weighted by molar-refractivity contribution is -0.883. The van der Waals surface area contributed by atoms with Crippen LogP contribution < -0.4 is 0 Å². The summed E-state index contributed by atoms with van der Waals surface area (Å²) in [6, 6.07) is 0.454. The highest BCUT2D eigenvalue weighted by molar-refractivity contribution is 5.78. The standard InChI is InChI=1S/C12H23NO4.C8H15NO/c1-6-12(2,3)11(16)17-8-7-13(4,5)9-10(14)15;1-3-7(2)9-6-4-5-8(9)10/h6-9H2,1-5H3;7H,3-6H2,1-2H3/p+1. The van der Waals surface area contributed by atoms with Crippen LogP contribution >= 0.6 is 0 Å². The van der Waals surface area contributed by atoms with E-state index in [1.54, 1.807) is 14.1 Å². The van der Waals surface area contributed by atoms with Crippen molar-refractivity contribution in [3.05, 3.63) is 0 Å². The molecule has 0 aromatic heterocycles. The number of hydrogen-bond donors (Lipinski definition) is 1. The maximum absolute atomic E-state index is 11.7. The number of carbonyl (C=O) groups excluding carboxylic acids is 2. The molecule has 1 heterocycles. The molecule has 7 nitrogen and oxygen atoms in total. The Morgan fingerprint density at radius 1 is 1.30 bits per heavy atom. The van der Waals surface area contributed by atoms with E-state index in [9.17, 15) is 14.4 Å². The Morgan fingerprint density at radius 2 is 1.89 bits per heavy atom. The second kappa shape index (κ2) is 11.3. The summed E-state index contributed by atoms with van der Waals surface area (Å²) in [6.45, 7) is 11.6. The van der Waals surface area contributed by atoms with Gasteiger partial charge in [-0.15, -0.1) is 0 Å². The molecular weight excluding hydrogens is 348 g/mol. The molecule has 0 aromatic rings. The SMILES string of the molecule is CCC(C)(C)C(=O)OCC[N+](C)(C)CC(=O)O.CCC(C)N1CCCC1=O. The van der Waals surface area contributed by atoms with E-state index >= 15 is 0 Å². The molecule has 27 heavy (non-hydrogen) atoms. The predicted molar refractivity (Wildman–Crippen MR) is 105 cm³/mol. The summed E-state index contributed by atoms with van der Waals surface area (Å²) in [5.41, 5.74) is -0.468. The molecule has 1 fully saturated rings. The number of esters is 1. The third-order valence-corrected chi connectivity index (χ3v) is 5.16. The van der Waals surface area contributed by atoms with Crippen LogP contribution in [0.15, 0.2) is 0 Å². The number of carbonyl (C=O) groups is 3. The molecule has 1 unspecified atom stereocenters. The molecule has 1 N–H and O–H groups in total. The molecule has 1 aliphatic heterocycles. The van der Waals surface area contributed by atoms with Gasteiger partial charge in [-0.2, -0.15) is 0 Å².